The summed E-state index contributed by atoms with van der Waals surface area (Å²) in [5, 5.41) is 0.727. The summed E-state index contributed by atoms with van der Waals surface area (Å²) >= 11 is 3.21. The van der Waals surface area contributed by atoms with E-state index in [0.29, 0.717) is 6.61 Å². The lowest BCUT2D eigenvalue weighted by atomic mass is 10.3. The van der Waals surface area contributed by atoms with Gasteiger partial charge in [0, 0.05) is 7.11 Å². The Bertz CT molecular complexity index is 162. The van der Waals surface area contributed by atoms with Gasteiger partial charge in [0.15, 0.2) is 0 Å². The van der Waals surface area contributed by atoms with E-state index in [2.05, 4.69) is 27.8 Å². The van der Waals surface area contributed by atoms with Gasteiger partial charge in [-0.2, -0.15) is 0 Å². The molecule has 0 aliphatic carbocycles. The van der Waals surface area contributed by atoms with Crippen LogP contribution in [0.2, 0.25) is 0 Å². The highest BCUT2D eigenvalue weighted by Crippen LogP contribution is 1.88. The fourth-order valence-electron chi connectivity index (χ4n) is 0.432. The number of hydrogen-bond donors (Lipinski definition) is 0. The van der Waals surface area contributed by atoms with Gasteiger partial charge < -0.3 is 4.74 Å². The molecule has 0 rings (SSSR count). The van der Waals surface area contributed by atoms with Gasteiger partial charge in [-0.25, -0.2) is 0 Å². The number of alkyl halides is 1. The van der Waals surface area contributed by atoms with Gasteiger partial charge in [-0.1, -0.05) is 27.8 Å². The van der Waals surface area contributed by atoms with E-state index in [1.165, 1.54) is 0 Å². The molecule has 0 unspecified atom stereocenters. The fourth-order valence-corrected chi connectivity index (χ4v) is 0.572. The molecule has 0 aliphatic heterocycles. The lowest BCUT2D eigenvalue weighted by Crippen LogP contribution is -1.82. The van der Waals surface area contributed by atoms with Gasteiger partial charge in [0.05, 0.1) is 11.9 Å². The molecule has 56 valence electrons. The van der Waals surface area contributed by atoms with Crippen LogP contribution in [0.1, 0.15) is 6.92 Å². The maximum atomic E-state index is 4.84. The molecule has 0 aromatic heterocycles. The highest BCUT2D eigenvalue weighted by atomic mass is 79.9. The molecule has 0 heterocycles. The molecule has 0 N–H and O–H groups in total. The van der Waals surface area contributed by atoms with Crippen LogP contribution < -0.4 is 0 Å². The molecule has 0 saturated heterocycles. The van der Waals surface area contributed by atoms with Crippen LogP contribution in [0.5, 0.6) is 0 Å². The largest absolute Gasteiger partial charge is 0.381 e. The van der Waals surface area contributed by atoms with Crippen molar-refractivity contribution in [2.24, 2.45) is 0 Å². The molecule has 0 aromatic carbocycles. The van der Waals surface area contributed by atoms with Crippen LogP contribution in [-0.4, -0.2) is 19.0 Å². The van der Waals surface area contributed by atoms with E-state index in [1.807, 2.05) is 13.0 Å². The summed E-state index contributed by atoms with van der Waals surface area (Å²) in [6.07, 6.45) is 1.95. The minimum atomic E-state index is 0.642. The molecule has 0 saturated carbocycles. The number of rotatable bonds is 2. The van der Waals surface area contributed by atoms with E-state index in [4.69, 9.17) is 4.74 Å². The first-order chi connectivity index (χ1) is 4.81. The van der Waals surface area contributed by atoms with Crippen LogP contribution in [-0.2, 0) is 4.74 Å². The molecule has 0 aromatic rings. The van der Waals surface area contributed by atoms with Crippen molar-refractivity contribution in [2.75, 3.05) is 19.0 Å². The fraction of sp³-hybridized carbons (Fsp3) is 0.500. The number of halogens is 1. The minimum Gasteiger partial charge on any atom is -0.381 e. The highest BCUT2D eigenvalue weighted by molar-refractivity contribution is 9.09. The van der Waals surface area contributed by atoms with Crippen LogP contribution >= 0.6 is 15.9 Å². The first-order valence-corrected chi connectivity index (χ1v) is 4.14. The zero-order valence-corrected chi connectivity index (χ0v) is 7.86. The third-order valence-electron chi connectivity index (χ3n) is 0.909. The summed E-state index contributed by atoms with van der Waals surface area (Å²) in [6, 6.07) is 0. The first kappa shape index (κ1) is 9.74. The number of ether oxygens (including phenoxy) is 1. The third kappa shape index (κ3) is 5.87. The van der Waals surface area contributed by atoms with Gasteiger partial charge >= 0.3 is 0 Å². The number of hydrogen-bond acceptors (Lipinski definition) is 1. The summed E-state index contributed by atoms with van der Waals surface area (Å²) in [5.41, 5.74) is 1.06. The minimum absolute atomic E-state index is 0.642. The van der Waals surface area contributed by atoms with Crippen molar-refractivity contribution in [1.82, 2.24) is 0 Å². The van der Waals surface area contributed by atoms with Crippen LogP contribution in [0.15, 0.2) is 11.6 Å². The summed E-state index contributed by atoms with van der Waals surface area (Å²) < 4.78 is 4.84. The maximum Gasteiger partial charge on any atom is 0.0655 e. The van der Waals surface area contributed by atoms with Crippen molar-refractivity contribution in [3.63, 3.8) is 0 Å². The third-order valence-corrected chi connectivity index (χ3v) is 1.19. The van der Waals surface area contributed by atoms with Gasteiger partial charge in [0.25, 0.3) is 0 Å². The van der Waals surface area contributed by atoms with Crippen LogP contribution in [0.25, 0.3) is 0 Å². The zero-order valence-electron chi connectivity index (χ0n) is 6.28. The molecule has 0 amide bonds. The van der Waals surface area contributed by atoms with E-state index >= 15 is 0 Å². The summed E-state index contributed by atoms with van der Waals surface area (Å²) in [5.74, 6) is 5.85. The summed E-state index contributed by atoms with van der Waals surface area (Å²) in [4.78, 5) is 0. The van der Waals surface area contributed by atoms with E-state index in [9.17, 15) is 0 Å². The second kappa shape index (κ2) is 6.85. The SMILES string of the molecule is COCC=C(C)C#CCBr. The molecule has 0 spiro atoms. The van der Waals surface area contributed by atoms with Gasteiger partial charge in [-0.05, 0) is 18.6 Å². The summed E-state index contributed by atoms with van der Waals surface area (Å²) in [7, 11) is 1.67. The van der Waals surface area contributed by atoms with Gasteiger partial charge in [0.1, 0.15) is 0 Å². The van der Waals surface area contributed by atoms with Crippen molar-refractivity contribution in [3.05, 3.63) is 11.6 Å². The Morgan fingerprint density at radius 2 is 2.40 bits per heavy atom. The normalized spacial score (nSPS) is 10.5. The Balaban J connectivity index is 3.70. The molecular formula is C8H11BrO. The molecule has 1 nitrogen and oxygen atoms in total. The summed E-state index contributed by atoms with van der Waals surface area (Å²) in [6.45, 7) is 2.61. The molecule has 10 heavy (non-hydrogen) atoms. The Kier molecular flexibility index (Phi) is 6.68. The Morgan fingerprint density at radius 1 is 1.70 bits per heavy atom. The van der Waals surface area contributed by atoms with Gasteiger partial charge in [0.2, 0.25) is 0 Å². The van der Waals surface area contributed by atoms with E-state index in [0.717, 1.165) is 10.9 Å². The molecule has 0 bridgehead atoms. The van der Waals surface area contributed by atoms with Crippen LogP contribution in [0.3, 0.4) is 0 Å². The monoisotopic (exact) mass is 202 g/mol. The predicted octanol–water partition coefficient (Wildman–Crippen LogP) is 1.98. The van der Waals surface area contributed by atoms with Gasteiger partial charge in [-0.15, -0.1) is 0 Å². The van der Waals surface area contributed by atoms with Crippen molar-refractivity contribution < 1.29 is 4.74 Å². The molecule has 0 radical (unpaired) electrons. The number of allylic oxidation sites excluding steroid dienone is 1. The Hall–Kier alpha value is -0.260. The number of methoxy groups -OCH3 is 1. The smallest absolute Gasteiger partial charge is 0.0655 e. The van der Waals surface area contributed by atoms with E-state index in [-0.39, 0.29) is 0 Å². The Labute approximate surface area is 70.6 Å². The average molecular weight is 203 g/mol. The second-order valence-corrected chi connectivity index (χ2v) is 2.34. The molecule has 0 fully saturated rings. The quantitative estimate of drug-likeness (QED) is 0.492. The van der Waals surface area contributed by atoms with Crippen molar-refractivity contribution >= 4 is 15.9 Å². The zero-order chi connectivity index (χ0) is 7.82. The maximum absolute atomic E-state index is 4.84. The van der Waals surface area contributed by atoms with Crippen LogP contribution in [0.4, 0.5) is 0 Å². The molecule has 0 aliphatic rings. The lowest BCUT2D eigenvalue weighted by molar-refractivity contribution is 0.233. The lowest BCUT2D eigenvalue weighted by Gasteiger charge is -1.88. The standard InChI is InChI=1S/C8H11BrO/c1-8(4-3-6-9)5-7-10-2/h5H,6-7H2,1-2H3. The Morgan fingerprint density at radius 3 is 2.90 bits per heavy atom. The first-order valence-electron chi connectivity index (χ1n) is 3.01. The average Bonchev–Trinajstić information content (AvgIpc) is 1.97. The van der Waals surface area contributed by atoms with Crippen molar-refractivity contribution in [2.45, 2.75) is 6.92 Å². The highest BCUT2D eigenvalue weighted by Gasteiger charge is 1.78. The second-order valence-electron chi connectivity index (χ2n) is 1.78. The van der Waals surface area contributed by atoms with Crippen molar-refractivity contribution in [3.8, 4) is 11.8 Å². The molecule has 0 atom stereocenters. The van der Waals surface area contributed by atoms with Crippen molar-refractivity contribution in [1.29, 1.82) is 0 Å². The molecular weight excluding hydrogens is 192 g/mol. The molecule has 2 heteroatoms. The van der Waals surface area contributed by atoms with E-state index in [1.54, 1.807) is 7.11 Å². The predicted molar refractivity (Wildman–Crippen MR) is 47.2 cm³/mol. The topological polar surface area (TPSA) is 9.23 Å². The van der Waals surface area contributed by atoms with Gasteiger partial charge in [-0.3, -0.25) is 0 Å². The van der Waals surface area contributed by atoms with E-state index < -0.39 is 0 Å². The van der Waals surface area contributed by atoms with Crippen LogP contribution in [0, 0.1) is 11.8 Å².